The van der Waals surface area contributed by atoms with Crippen LogP contribution in [0.4, 0.5) is 8.78 Å². The molecular formula is C12H17F2NO. The van der Waals surface area contributed by atoms with Crippen molar-refractivity contribution >= 4 is 0 Å². The molecule has 90 valence electrons. The van der Waals surface area contributed by atoms with Gasteiger partial charge in [0, 0.05) is 0 Å². The monoisotopic (exact) mass is 229 g/mol. The molecule has 0 aliphatic rings. The molecule has 0 fully saturated rings. The average molecular weight is 229 g/mol. The lowest BCUT2D eigenvalue weighted by Gasteiger charge is -2.16. The third-order valence-corrected chi connectivity index (χ3v) is 2.17. The number of hydrogen-bond donors (Lipinski definition) is 1. The highest BCUT2D eigenvalue weighted by Crippen LogP contribution is 2.23. The van der Waals surface area contributed by atoms with Crippen molar-refractivity contribution in [3.63, 3.8) is 0 Å². The Bertz CT molecular complexity index is 311. The van der Waals surface area contributed by atoms with Gasteiger partial charge in [-0.2, -0.15) is 0 Å². The molecule has 1 N–H and O–H groups in total. The highest BCUT2D eigenvalue weighted by Gasteiger charge is 2.19. The molecule has 0 aliphatic carbocycles. The van der Waals surface area contributed by atoms with Crippen LogP contribution in [0.3, 0.4) is 0 Å². The molecule has 0 aromatic heterocycles. The maximum atomic E-state index is 12.6. The average Bonchev–Trinajstić information content (AvgIpc) is 2.20. The van der Waals surface area contributed by atoms with Gasteiger partial charge >= 0.3 is 0 Å². The van der Waals surface area contributed by atoms with Crippen LogP contribution in [0.1, 0.15) is 25.5 Å². The lowest BCUT2D eigenvalue weighted by molar-refractivity contribution is 0.102. The van der Waals surface area contributed by atoms with Crippen molar-refractivity contribution in [2.45, 2.75) is 32.4 Å². The normalized spacial score (nSPS) is 13.2. The van der Waals surface area contributed by atoms with Gasteiger partial charge in [-0.3, -0.25) is 0 Å². The standard InChI is InChI=1S/C12H17F2NO/c1-8(2)16-10-6-4-9(5-7-10)11(15-3)12(13)14/h4-8,11-12,15H,1-3H3. The lowest BCUT2D eigenvalue weighted by atomic mass is 10.1. The fourth-order valence-corrected chi connectivity index (χ4v) is 1.46. The van der Waals surface area contributed by atoms with Crippen molar-refractivity contribution in [2.24, 2.45) is 0 Å². The van der Waals surface area contributed by atoms with Gasteiger partial charge in [-0.1, -0.05) is 12.1 Å². The van der Waals surface area contributed by atoms with Gasteiger partial charge in [0.05, 0.1) is 12.1 Å². The highest BCUT2D eigenvalue weighted by molar-refractivity contribution is 5.29. The SMILES string of the molecule is CNC(c1ccc(OC(C)C)cc1)C(F)F. The van der Waals surface area contributed by atoms with Crippen LogP contribution in [0.15, 0.2) is 24.3 Å². The van der Waals surface area contributed by atoms with E-state index in [1.54, 1.807) is 24.3 Å². The third kappa shape index (κ3) is 3.45. The quantitative estimate of drug-likeness (QED) is 0.838. The zero-order chi connectivity index (χ0) is 12.1. The largest absolute Gasteiger partial charge is 0.491 e. The second-order valence-electron chi connectivity index (χ2n) is 3.84. The molecule has 0 spiro atoms. The Morgan fingerprint density at radius 1 is 1.12 bits per heavy atom. The van der Waals surface area contributed by atoms with Gasteiger partial charge in [-0.15, -0.1) is 0 Å². The summed E-state index contributed by atoms with van der Waals surface area (Å²) >= 11 is 0. The minimum Gasteiger partial charge on any atom is -0.491 e. The van der Waals surface area contributed by atoms with E-state index in [1.807, 2.05) is 13.8 Å². The molecule has 0 saturated carbocycles. The Morgan fingerprint density at radius 2 is 1.69 bits per heavy atom. The summed E-state index contributed by atoms with van der Waals surface area (Å²) in [4.78, 5) is 0. The molecule has 0 amide bonds. The predicted octanol–water partition coefficient (Wildman–Crippen LogP) is 3.00. The molecule has 1 unspecified atom stereocenters. The number of alkyl halides is 2. The van der Waals surface area contributed by atoms with Crippen LogP contribution in [0.5, 0.6) is 5.75 Å². The fraction of sp³-hybridized carbons (Fsp3) is 0.500. The van der Waals surface area contributed by atoms with Gasteiger partial charge in [0.1, 0.15) is 5.75 Å². The fourth-order valence-electron chi connectivity index (χ4n) is 1.46. The first-order valence-corrected chi connectivity index (χ1v) is 5.26. The zero-order valence-electron chi connectivity index (χ0n) is 9.71. The van der Waals surface area contributed by atoms with Crippen molar-refractivity contribution in [2.75, 3.05) is 7.05 Å². The van der Waals surface area contributed by atoms with E-state index in [0.29, 0.717) is 11.3 Å². The van der Waals surface area contributed by atoms with Gasteiger partial charge < -0.3 is 10.1 Å². The molecule has 0 saturated heterocycles. The van der Waals surface area contributed by atoms with Gasteiger partial charge in [0.25, 0.3) is 6.43 Å². The molecule has 4 heteroatoms. The van der Waals surface area contributed by atoms with E-state index in [-0.39, 0.29) is 6.10 Å². The first-order chi connectivity index (χ1) is 7.54. The molecule has 0 aliphatic heterocycles. The van der Waals surface area contributed by atoms with Gasteiger partial charge in [-0.25, -0.2) is 8.78 Å². The van der Waals surface area contributed by atoms with E-state index >= 15 is 0 Å². The van der Waals surface area contributed by atoms with Crippen LogP contribution in [-0.2, 0) is 0 Å². The summed E-state index contributed by atoms with van der Waals surface area (Å²) < 4.78 is 30.6. The Labute approximate surface area is 94.6 Å². The van der Waals surface area contributed by atoms with Gasteiger partial charge in [0.2, 0.25) is 0 Å². The van der Waals surface area contributed by atoms with Crippen LogP contribution in [0.25, 0.3) is 0 Å². The molecule has 1 aromatic rings. The summed E-state index contributed by atoms with van der Waals surface area (Å²) in [6.45, 7) is 3.84. The number of rotatable bonds is 5. The molecule has 0 heterocycles. The molecule has 16 heavy (non-hydrogen) atoms. The lowest BCUT2D eigenvalue weighted by Crippen LogP contribution is -2.23. The van der Waals surface area contributed by atoms with E-state index in [0.717, 1.165) is 0 Å². The van der Waals surface area contributed by atoms with Crippen molar-refractivity contribution in [3.8, 4) is 5.75 Å². The van der Waals surface area contributed by atoms with E-state index in [1.165, 1.54) is 7.05 Å². The topological polar surface area (TPSA) is 21.3 Å². The molecule has 1 atom stereocenters. The predicted molar refractivity (Wildman–Crippen MR) is 60.0 cm³/mol. The van der Waals surface area contributed by atoms with E-state index in [2.05, 4.69) is 5.32 Å². The zero-order valence-corrected chi connectivity index (χ0v) is 9.71. The first-order valence-electron chi connectivity index (χ1n) is 5.26. The molecule has 1 aromatic carbocycles. The molecule has 0 radical (unpaired) electrons. The Kier molecular flexibility index (Phi) is 4.68. The summed E-state index contributed by atoms with van der Waals surface area (Å²) in [6.07, 6.45) is -2.33. The summed E-state index contributed by atoms with van der Waals surface area (Å²) in [7, 11) is 1.52. The second-order valence-corrected chi connectivity index (χ2v) is 3.84. The van der Waals surface area contributed by atoms with Gasteiger partial charge in [0.15, 0.2) is 0 Å². The minimum atomic E-state index is -2.41. The summed E-state index contributed by atoms with van der Waals surface area (Å²) in [5.41, 5.74) is 0.564. The van der Waals surface area contributed by atoms with Crippen molar-refractivity contribution < 1.29 is 13.5 Å². The number of hydrogen-bond acceptors (Lipinski definition) is 2. The smallest absolute Gasteiger partial charge is 0.257 e. The first kappa shape index (κ1) is 12.9. The summed E-state index contributed by atoms with van der Waals surface area (Å²) in [5.74, 6) is 0.697. The van der Waals surface area contributed by atoms with E-state index in [9.17, 15) is 8.78 Å². The molecule has 2 nitrogen and oxygen atoms in total. The van der Waals surface area contributed by atoms with Crippen LogP contribution >= 0.6 is 0 Å². The van der Waals surface area contributed by atoms with Crippen molar-refractivity contribution in [1.82, 2.24) is 5.32 Å². The highest BCUT2D eigenvalue weighted by atomic mass is 19.3. The summed E-state index contributed by atoms with van der Waals surface area (Å²) in [5, 5.41) is 2.59. The van der Waals surface area contributed by atoms with Crippen LogP contribution in [0.2, 0.25) is 0 Å². The number of halogens is 2. The number of benzene rings is 1. The Morgan fingerprint density at radius 3 is 2.06 bits per heavy atom. The van der Waals surface area contributed by atoms with Crippen molar-refractivity contribution in [3.05, 3.63) is 29.8 Å². The van der Waals surface area contributed by atoms with E-state index in [4.69, 9.17) is 4.74 Å². The van der Waals surface area contributed by atoms with Crippen LogP contribution in [-0.4, -0.2) is 19.6 Å². The van der Waals surface area contributed by atoms with Crippen LogP contribution < -0.4 is 10.1 Å². The second kappa shape index (κ2) is 5.80. The van der Waals surface area contributed by atoms with Crippen molar-refractivity contribution in [1.29, 1.82) is 0 Å². The minimum absolute atomic E-state index is 0.0843. The maximum Gasteiger partial charge on any atom is 0.257 e. The Balaban J connectivity index is 2.77. The summed E-state index contributed by atoms with van der Waals surface area (Å²) in [6, 6.07) is 5.81. The number of ether oxygens (including phenoxy) is 1. The van der Waals surface area contributed by atoms with Crippen LogP contribution in [0, 0.1) is 0 Å². The number of nitrogens with one attached hydrogen (secondary N) is 1. The third-order valence-electron chi connectivity index (χ3n) is 2.17. The van der Waals surface area contributed by atoms with Gasteiger partial charge in [-0.05, 0) is 38.6 Å². The Hall–Kier alpha value is -1.16. The van der Waals surface area contributed by atoms with E-state index < -0.39 is 12.5 Å². The maximum absolute atomic E-state index is 12.6. The molecular weight excluding hydrogens is 212 g/mol. The molecule has 1 rings (SSSR count). The molecule has 0 bridgehead atoms.